The van der Waals surface area contributed by atoms with Gasteiger partial charge >= 0.3 is 0 Å². The monoisotopic (exact) mass is 208 g/mol. The van der Waals surface area contributed by atoms with E-state index < -0.39 is 0 Å². The number of hydrogen-bond acceptors (Lipinski definition) is 1. The quantitative estimate of drug-likeness (QED) is 0.641. The van der Waals surface area contributed by atoms with Crippen LogP contribution in [-0.2, 0) is 5.88 Å². The largest absolute Gasteiger partial charge is 0.483 e. The van der Waals surface area contributed by atoms with Crippen LogP contribution in [0.5, 0.6) is 5.75 Å². The summed E-state index contributed by atoms with van der Waals surface area (Å²) < 4.78 is 5.79. The molecule has 0 saturated carbocycles. The molecule has 14 heavy (non-hydrogen) atoms. The van der Waals surface area contributed by atoms with Crippen LogP contribution in [0.25, 0.3) is 6.08 Å². The molecule has 0 aromatic heterocycles. The first-order chi connectivity index (χ1) is 6.61. The summed E-state index contributed by atoms with van der Waals surface area (Å²) >= 11 is 5.76. The molecule has 1 heterocycles. The van der Waals surface area contributed by atoms with Gasteiger partial charge in [0, 0.05) is 11.4 Å². The number of halogens is 1. The molecule has 0 unspecified atom stereocenters. The minimum atomic E-state index is -0.199. The summed E-state index contributed by atoms with van der Waals surface area (Å²) in [7, 11) is 0. The maximum absolute atomic E-state index is 5.79. The summed E-state index contributed by atoms with van der Waals surface area (Å²) in [5.74, 6) is 1.48. The minimum Gasteiger partial charge on any atom is -0.483 e. The highest BCUT2D eigenvalue weighted by Crippen LogP contribution is 2.31. The van der Waals surface area contributed by atoms with Crippen LogP contribution in [-0.4, -0.2) is 5.60 Å². The lowest BCUT2D eigenvalue weighted by atomic mass is 10.0. The van der Waals surface area contributed by atoms with Crippen LogP contribution in [0.2, 0.25) is 0 Å². The van der Waals surface area contributed by atoms with Gasteiger partial charge in [-0.2, -0.15) is 0 Å². The van der Waals surface area contributed by atoms with Gasteiger partial charge in [0.25, 0.3) is 0 Å². The van der Waals surface area contributed by atoms with Crippen LogP contribution in [0, 0.1) is 0 Å². The molecule has 0 N–H and O–H groups in total. The number of hydrogen-bond donors (Lipinski definition) is 0. The van der Waals surface area contributed by atoms with Crippen LogP contribution in [0.4, 0.5) is 0 Å². The predicted octanol–water partition coefficient (Wildman–Crippen LogP) is 3.61. The molecule has 1 aromatic rings. The Balaban J connectivity index is 2.41. The second kappa shape index (κ2) is 3.32. The zero-order valence-electron chi connectivity index (χ0n) is 8.38. The third kappa shape index (κ3) is 1.78. The fraction of sp³-hybridized carbons (Fsp3) is 0.333. The van der Waals surface area contributed by atoms with E-state index in [4.69, 9.17) is 16.3 Å². The molecule has 0 radical (unpaired) electrons. The van der Waals surface area contributed by atoms with Crippen molar-refractivity contribution in [2.45, 2.75) is 25.3 Å². The summed E-state index contributed by atoms with van der Waals surface area (Å²) in [5, 5.41) is 0. The van der Waals surface area contributed by atoms with Crippen molar-refractivity contribution in [2.75, 3.05) is 0 Å². The number of benzene rings is 1. The summed E-state index contributed by atoms with van der Waals surface area (Å²) in [6.45, 7) is 4.09. The molecule has 1 nitrogen and oxygen atoms in total. The van der Waals surface area contributed by atoms with Crippen molar-refractivity contribution in [1.82, 2.24) is 0 Å². The van der Waals surface area contributed by atoms with Crippen molar-refractivity contribution < 1.29 is 4.74 Å². The van der Waals surface area contributed by atoms with Crippen molar-refractivity contribution in [2.24, 2.45) is 0 Å². The second-order valence-corrected chi connectivity index (χ2v) is 4.31. The second-order valence-electron chi connectivity index (χ2n) is 4.04. The Labute approximate surface area is 89.3 Å². The Morgan fingerprint density at radius 2 is 2.14 bits per heavy atom. The summed E-state index contributed by atoms with van der Waals surface area (Å²) in [4.78, 5) is 0. The molecule has 1 aromatic carbocycles. The first-order valence-electron chi connectivity index (χ1n) is 4.68. The van der Waals surface area contributed by atoms with E-state index in [9.17, 15) is 0 Å². The maximum atomic E-state index is 5.79. The highest BCUT2D eigenvalue weighted by molar-refractivity contribution is 6.17. The molecule has 0 fully saturated rings. The van der Waals surface area contributed by atoms with Crippen LogP contribution in [0.1, 0.15) is 25.0 Å². The molecule has 0 bridgehead atoms. The van der Waals surface area contributed by atoms with E-state index >= 15 is 0 Å². The number of rotatable bonds is 1. The molecule has 74 valence electrons. The van der Waals surface area contributed by atoms with Gasteiger partial charge in [0.15, 0.2) is 0 Å². The summed E-state index contributed by atoms with van der Waals surface area (Å²) in [5.41, 5.74) is 2.04. The Morgan fingerprint density at radius 1 is 1.36 bits per heavy atom. The van der Waals surface area contributed by atoms with Gasteiger partial charge in [0.05, 0.1) is 0 Å². The van der Waals surface area contributed by atoms with E-state index in [-0.39, 0.29) is 5.60 Å². The molecule has 1 aliphatic rings. The Hall–Kier alpha value is -0.950. The average Bonchev–Trinajstić information content (AvgIpc) is 2.16. The SMILES string of the molecule is CC1(C)C=Cc2cc(CCl)ccc2O1. The fourth-order valence-corrected chi connectivity index (χ4v) is 1.68. The van der Waals surface area contributed by atoms with E-state index in [1.165, 1.54) is 0 Å². The summed E-state index contributed by atoms with van der Waals surface area (Å²) in [6.07, 6.45) is 4.15. The lowest BCUT2D eigenvalue weighted by molar-refractivity contribution is 0.159. The minimum absolute atomic E-state index is 0.199. The third-order valence-electron chi connectivity index (χ3n) is 2.27. The van der Waals surface area contributed by atoms with E-state index in [1.807, 2.05) is 26.0 Å². The smallest absolute Gasteiger partial charge is 0.127 e. The zero-order valence-corrected chi connectivity index (χ0v) is 9.14. The molecule has 0 atom stereocenters. The van der Waals surface area contributed by atoms with Crippen LogP contribution < -0.4 is 4.74 Å². The number of ether oxygens (including phenoxy) is 1. The van der Waals surface area contributed by atoms with Gasteiger partial charge in [-0.1, -0.05) is 12.1 Å². The van der Waals surface area contributed by atoms with E-state index in [0.29, 0.717) is 5.88 Å². The van der Waals surface area contributed by atoms with Gasteiger partial charge in [-0.15, -0.1) is 11.6 Å². The Bertz CT molecular complexity index is 380. The predicted molar refractivity (Wildman–Crippen MR) is 59.7 cm³/mol. The maximum Gasteiger partial charge on any atom is 0.127 e. The summed E-state index contributed by atoms with van der Waals surface area (Å²) in [6, 6.07) is 6.05. The van der Waals surface area contributed by atoms with Crippen molar-refractivity contribution >= 4 is 17.7 Å². The molecule has 1 aliphatic heterocycles. The van der Waals surface area contributed by atoms with E-state index in [0.717, 1.165) is 16.9 Å². The highest BCUT2D eigenvalue weighted by Gasteiger charge is 2.21. The van der Waals surface area contributed by atoms with Gasteiger partial charge in [0.1, 0.15) is 11.4 Å². The van der Waals surface area contributed by atoms with Gasteiger partial charge in [0.2, 0.25) is 0 Å². The van der Waals surface area contributed by atoms with Crippen LogP contribution >= 0.6 is 11.6 Å². The van der Waals surface area contributed by atoms with E-state index in [1.54, 1.807) is 0 Å². The standard InChI is InChI=1S/C12H13ClO/c1-12(2)6-5-10-7-9(8-13)3-4-11(10)14-12/h3-7H,8H2,1-2H3. The average molecular weight is 209 g/mol. The van der Waals surface area contributed by atoms with Gasteiger partial charge in [-0.05, 0) is 37.6 Å². The lowest BCUT2D eigenvalue weighted by Gasteiger charge is -2.27. The van der Waals surface area contributed by atoms with E-state index in [2.05, 4.69) is 18.2 Å². The third-order valence-corrected chi connectivity index (χ3v) is 2.57. The Kier molecular flexibility index (Phi) is 2.28. The molecule has 2 heteroatoms. The zero-order chi connectivity index (χ0) is 10.2. The number of fused-ring (bicyclic) bond motifs is 1. The van der Waals surface area contributed by atoms with Crippen LogP contribution in [0.3, 0.4) is 0 Å². The molecular formula is C12H13ClO. The van der Waals surface area contributed by atoms with Crippen LogP contribution in [0.15, 0.2) is 24.3 Å². The fourth-order valence-electron chi connectivity index (χ4n) is 1.51. The lowest BCUT2D eigenvalue weighted by Crippen LogP contribution is -2.27. The van der Waals surface area contributed by atoms with Crippen molar-refractivity contribution in [3.63, 3.8) is 0 Å². The molecule has 0 saturated heterocycles. The van der Waals surface area contributed by atoms with Gasteiger partial charge < -0.3 is 4.74 Å². The topological polar surface area (TPSA) is 9.23 Å². The number of alkyl halides is 1. The first kappa shape index (κ1) is 9.60. The highest BCUT2D eigenvalue weighted by atomic mass is 35.5. The Morgan fingerprint density at radius 3 is 2.86 bits per heavy atom. The normalized spacial score (nSPS) is 17.4. The first-order valence-corrected chi connectivity index (χ1v) is 5.21. The van der Waals surface area contributed by atoms with Crippen molar-refractivity contribution in [1.29, 1.82) is 0 Å². The van der Waals surface area contributed by atoms with Gasteiger partial charge in [-0.25, -0.2) is 0 Å². The van der Waals surface area contributed by atoms with Gasteiger partial charge in [-0.3, -0.25) is 0 Å². The van der Waals surface area contributed by atoms with Crippen molar-refractivity contribution in [3.8, 4) is 5.75 Å². The molecule has 0 amide bonds. The molecule has 0 aliphatic carbocycles. The molecule has 2 rings (SSSR count). The molecular weight excluding hydrogens is 196 g/mol. The molecule has 0 spiro atoms. The van der Waals surface area contributed by atoms with Crippen molar-refractivity contribution in [3.05, 3.63) is 35.4 Å².